The molecule has 0 radical (unpaired) electrons. The molecule has 1 nitrogen and oxygen atoms in total. The van der Waals surface area contributed by atoms with Gasteiger partial charge < -0.3 is 4.98 Å². The Kier molecular flexibility index (Phi) is 4.41. The molecule has 21 heavy (non-hydrogen) atoms. The van der Waals surface area contributed by atoms with Gasteiger partial charge >= 0.3 is 0 Å². The Balaban J connectivity index is 2.32. The summed E-state index contributed by atoms with van der Waals surface area (Å²) in [6.07, 6.45) is 4.64. The smallest absolute Gasteiger partial charge is 0.0508 e. The van der Waals surface area contributed by atoms with Crippen LogP contribution >= 0.6 is 31.9 Å². The van der Waals surface area contributed by atoms with Crippen LogP contribution in [0.5, 0.6) is 0 Å². The molecule has 0 bridgehead atoms. The first-order valence-electron chi connectivity index (χ1n) is 7.56. The topological polar surface area (TPSA) is 15.8 Å². The summed E-state index contributed by atoms with van der Waals surface area (Å²) >= 11 is 7.39. The summed E-state index contributed by atoms with van der Waals surface area (Å²) in [7, 11) is 0. The maximum absolute atomic E-state index is 3.84. The van der Waals surface area contributed by atoms with E-state index in [0.29, 0.717) is 0 Å². The van der Waals surface area contributed by atoms with Crippen LogP contribution in [0.4, 0.5) is 0 Å². The summed E-state index contributed by atoms with van der Waals surface area (Å²) in [5, 5.41) is 2.66. The molecule has 1 heterocycles. The van der Waals surface area contributed by atoms with Crippen molar-refractivity contribution in [1.82, 2.24) is 4.98 Å². The highest BCUT2D eigenvalue weighted by Crippen LogP contribution is 2.36. The number of fused-ring (bicyclic) bond motifs is 3. The molecule has 0 aliphatic rings. The van der Waals surface area contributed by atoms with E-state index in [9.17, 15) is 0 Å². The van der Waals surface area contributed by atoms with Crippen LogP contribution in [0, 0.1) is 0 Å². The van der Waals surface area contributed by atoms with E-state index in [-0.39, 0.29) is 0 Å². The highest BCUT2D eigenvalue weighted by molar-refractivity contribution is 9.10. The Morgan fingerprint density at radius 3 is 2.57 bits per heavy atom. The second kappa shape index (κ2) is 6.13. The molecule has 0 fully saturated rings. The van der Waals surface area contributed by atoms with Crippen molar-refractivity contribution >= 4 is 53.7 Å². The summed E-state index contributed by atoms with van der Waals surface area (Å²) in [5.74, 6) is 0. The molecule has 3 aromatic rings. The fraction of sp³-hybridized carbons (Fsp3) is 0.333. The third-order valence-electron chi connectivity index (χ3n) is 4.12. The lowest BCUT2D eigenvalue weighted by molar-refractivity contribution is 0.792. The zero-order valence-electron chi connectivity index (χ0n) is 12.4. The van der Waals surface area contributed by atoms with Crippen molar-refractivity contribution in [2.45, 2.75) is 39.5 Å². The van der Waals surface area contributed by atoms with E-state index in [2.05, 4.69) is 75.0 Å². The zero-order chi connectivity index (χ0) is 15.0. The van der Waals surface area contributed by atoms with Gasteiger partial charge in [-0.2, -0.15) is 0 Å². The van der Waals surface area contributed by atoms with Gasteiger partial charge in [0, 0.05) is 25.2 Å². The summed E-state index contributed by atoms with van der Waals surface area (Å²) in [6.45, 7) is 4.47. The minimum absolute atomic E-state index is 1.03. The van der Waals surface area contributed by atoms with Crippen molar-refractivity contribution in [1.29, 1.82) is 0 Å². The number of nitrogens with one attached hydrogen (secondary N) is 1. The summed E-state index contributed by atoms with van der Waals surface area (Å²) in [5.41, 5.74) is 5.31. The Morgan fingerprint density at radius 2 is 1.86 bits per heavy atom. The Bertz CT molecular complexity index is 802. The lowest BCUT2D eigenvalue weighted by Crippen LogP contribution is -1.93. The number of aryl methyl sites for hydroxylation is 2. The van der Waals surface area contributed by atoms with Crippen LogP contribution in [0.3, 0.4) is 0 Å². The highest BCUT2D eigenvalue weighted by atomic mass is 79.9. The second-order valence-electron chi connectivity index (χ2n) is 5.52. The van der Waals surface area contributed by atoms with Gasteiger partial charge in [0.1, 0.15) is 0 Å². The third kappa shape index (κ3) is 2.66. The van der Waals surface area contributed by atoms with E-state index in [4.69, 9.17) is 0 Å². The van der Waals surface area contributed by atoms with Gasteiger partial charge in [-0.3, -0.25) is 0 Å². The molecule has 0 aliphatic heterocycles. The van der Waals surface area contributed by atoms with Crippen molar-refractivity contribution in [2.75, 3.05) is 0 Å². The summed E-state index contributed by atoms with van der Waals surface area (Å²) in [6, 6.07) is 8.85. The van der Waals surface area contributed by atoms with Crippen molar-refractivity contribution < 1.29 is 0 Å². The normalized spacial score (nSPS) is 11.6. The van der Waals surface area contributed by atoms with E-state index >= 15 is 0 Å². The second-order valence-corrected chi connectivity index (χ2v) is 7.23. The van der Waals surface area contributed by atoms with Crippen LogP contribution in [0.2, 0.25) is 0 Å². The number of rotatable bonds is 4. The molecule has 0 atom stereocenters. The standard InChI is InChI=1S/C18H19Br2N/c1-3-5-6-11-9-15-14-8-7-12(19)10-16(14)21-18(15)13(4-2)17(11)20/h7-10,21H,3-6H2,1-2H3. The van der Waals surface area contributed by atoms with Crippen LogP contribution in [-0.2, 0) is 12.8 Å². The Labute approximate surface area is 142 Å². The molecule has 1 N–H and O–H groups in total. The molecule has 0 saturated carbocycles. The number of halogens is 2. The molecule has 110 valence electrons. The number of benzene rings is 2. The van der Waals surface area contributed by atoms with Gasteiger partial charge in [-0.05, 0) is 48.6 Å². The van der Waals surface area contributed by atoms with Crippen molar-refractivity contribution in [3.05, 3.63) is 44.3 Å². The first-order valence-corrected chi connectivity index (χ1v) is 9.15. The quantitative estimate of drug-likeness (QED) is 0.491. The predicted molar refractivity (Wildman–Crippen MR) is 99.2 cm³/mol. The molecule has 0 spiro atoms. The fourth-order valence-corrected chi connectivity index (χ4v) is 4.15. The van der Waals surface area contributed by atoms with Gasteiger partial charge in [-0.1, -0.05) is 58.2 Å². The first kappa shape index (κ1) is 15.1. The summed E-state index contributed by atoms with van der Waals surface area (Å²) < 4.78 is 2.40. The van der Waals surface area contributed by atoms with Gasteiger partial charge in [0.15, 0.2) is 0 Å². The number of hydrogen-bond donors (Lipinski definition) is 1. The average Bonchev–Trinajstić information content (AvgIpc) is 2.82. The largest absolute Gasteiger partial charge is 0.354 e. The maximum atomic E-state index is 3.84. The van der Waals surface area contributed by atoms with Crippen LogP contribution in [0.1, 0.15) is 37.8 Å². The minimum atomic E-state index is 1.03. The van der Waals surface area contributed by atoms with Gasteiger partial charge in [-0.25, -0.2) is 0 Å². The molecule has 0 amide bonds. The number of H-pyrrole nitrogens is 1. The third-order valence-corrected chi connectivity index (χ3v) is 5.60. The molecule has 3 heteroatoms. The van der Waals surface area contributed by atoms with Gasteiger partial charge in [0.05, 0.1) is 5.52 Å². The summed E-state index contributed by atoms with van der Waals surface area (Å²) in [4.78, 5) is 3.60. The zero-order valence-corrected chi connectivity index (χ0v) is 15.6. The molecular weight excluding hydrogens is 390 g/mol. The lowest BCUT2D eigenvalue weighted by Gasteiger charge is -2.10. The monoisotopic (exact) mass is 407 g/mol. The average molecular weight is 409 g/mol. The van der Waals surface area contributed by atoms with Crippen LogP contribution in [0.15, 0.2) is 33.2 Å². The highest BCUT2D eigenvalue weighted by Gasteiger charge is 2.14. The van der Waals surface area contributed by atoms with Gasteiger partial charge in [-0.15, -0.1) is 0 Å². The minimum Gasteiger partial charge on any atom is -0.354 e. The van der Waals surface area contributed by atoms with E-state index in [0.717, 1.165) is 17.3 Å². The first-order chi connectivity index (χ1) is 10.2. The van der Waals surface area contributed by atoms with E-state index < -0.39 is 0 Å². The fourth-order valence-electron chi connectivity index (χ4n) is 3.00. The van der Waals surface area contributed by atoms with E-state index in [1.165, 1.54) is 50.2 Å². The van der Waals surface area contributed by atoms with Gasteiger partial charge in [0.25, 0.3) is 0 Å². The molecule has 2 aromatic carbocycles. The molecule has 0 aliphatic carbocycles. The number of hydrogen-bond acceptors (Lipinski definition) is 0. The molecular formula is C18H19Br2N. The van der Waals surface area contributed by atoms with Crippen molar-refractivity contribution in [3.63, 3.8) is 0 Å². The predicted octanol–water partition coefficient (Wildman–Crippen LogP) is 6.75. The number of aromatic amines is 1. The number of unbranched alkanes of at least 4 members (excludes halogenated alkanes) is 1. The molecule has 3 rings (SSSR count). The van der Waals surface area contributed by atoms with Crippen LogP contribution < -0.4 is 0 Å². The van der Waals surface area contributed by atoms with Crippen LogP contribution in [0.25, 0.3) is 21.8 Å². The van der Waals surface area contributed by atoms with Crippen molar-refractivity contribution in [2.24, 2.45) is 0 Å². The SMILES string of the molecule is CCCCc1cc2c([nH]c3cc(Br)ccc32)c(CC)c1Br. The number of aromatic nitrogens is 1. The van der Waals surface area contributed by atoms with E-state index in [1.807, 2.05) is 0 Å². The van der Waals surface area contributed by atoms with Gasteiger partial charge in [0.2, 0.25) is 0 Å². The van der Waals surface area contributed by atoms with Crippen LogP contribution in [-0.4, -0.2) is 4.98 Å². The van der Waals surface area contributed by atoms with E-state index in [1.54, 1.807) is 0 Å². The Hall–Kier alpha value is -0.800. The Morgan fingerprint density at radius 1 is 1.05 bits per heavy atom. The molecule has 0 saturated heterocycles. The maximum Gasteiger partial charge on any atom is 0.0508 e. The molecule has 0 unspecified atom stereocenters. The van der Waals surface area contributed by atoms with Crippen molar-refractivity contribution in [3.8, 4) is 0 Å². The molecule has 1 aromatic heterocycles. The lowest BCUT2D eigenvalue weighted by atomic mass is 9.99.